The van der Waals surface area contributed by atoms with E-state index >= 15 is 0 Å². The van der Waals surface area contributed by atoms with Gasteiger partial charge in [0.1, 0.15) is 6.54 Å². The van der Waals surface area contributed by atoms with Crippen molar-refractivity contribution in [2.24, 2.45) is 0 Å². The SMILES string of the molecule is COCCCN(CC(=O)N(Cc1ccc2c(c1)OCO2)Cc1cccs1)C(=O)Nc1c(Cl)cccc1Cl. The number of benzene rings is 2. The molecule has 1 aliphatic rings. The van der Waals surface area contributed by atoms with Crippen molar-refractivity contribution in [3.8, 4) is 11.5 Å². The van der Waals surface area contributed by atoms with Gasteiger partial charge < -0.3 is 29.3 Å². The average Bonchev–Trinajstić information content (AvgIpc) is 3.57. The van der Waals surface area contributed by atoms with Crippen molar-refractivity contribution < 1.29 is 23.8 Å². The Morgan fingerprint density at radius 3 is 2.54 bits per heavy atom. The molecule has 0 bridgehead atoms. The minimum atomic E-state index is -0.474. The summed E-state index contributed by atoms with van der Waals surface area (Å²) in [6.07, 6.45) is 0.556. The molecule has 3 amide bonds. The van der Waals surface area contributed by atoms with Crippen LogP contribution in [0.5, 0.6) is 11.5 Å². The van der Waals surface area contributed by atoms with Gasteiger partial charge in [0.05, 0.1) is 22.3 Å². The van der Waals surface area contributed by atoms with Crippen molar-refractivity contribution in [1.29, 1.82) is 0 Å². The molecule has 0 atom stereocenters. The zero-order valence-electron chi connectivity index (χ0n) is 20.2. The summed E-state index contributed by atoms with van der Waals surface area (Å²) >= 11 is 14.0. The Bertz CT molecular complexity index is 1200. The van der Waals surface area contributed by atoms with Gasteiger partial charge in [0.25, 0.3) is 0 Å². The molecule has 2 aromatic carbocycles. The number of rotatable bonds is 11. The van der Waals surface area contributed by atoms with E-state index in [1.165, 1.54) is 4.90 Å². The standard InChI is InChI=1S/C26H27Cl2N3O5S/c1-34-11-4-10-30(26(33)29-25-20(27)6-2-7-21(25)28)16-24(32)31(15-19-5-3-12-37-19)14-18-8-9-22-23(13-18)36-17-35-22/h2-3,5-9,12-13H,4,10-11,14-17H2,1H3,(H,29,33). The summed E-state index contributed by atoms with van der Waals surface area (Å²) in [5.41, 5.74) is 1.20. The topological polar surface area (TPSA) is 80.3 Å². The molecular weight excluding hydrogens is 537 g/mol. The summed E-state index contributed by atoms with van der Waals surface area (Å²) < 4.78 is 16.0. The van der Waals surface area contributed by atoms with Gasteiger partial charge in [0.2, 0.25) is 12.7 Å². The number of fused-ring (bicyclic) bond motifs is 1. The minimum Gasteiger partial charge on any atom is -0.454 e. The van der Waals surface area contributed by atoms with Gasteiger partial charge in [-0.25, -0.2) is 4.79 Å². The summed E-state index contributed by atoms with van der Waals surface area (Å²) in [7, 11) is 1.59. The molecule has 0 saturated carbocycles. The van der Waals surface area contributed by atoms with Crippen LogP contribution in [0.2, 0.25) is 10.0 Å². The van der Waals surface area contributed by atoms with Crippen molar-refractivity contribution in [3.63, 3.8) is 0 Å². The summed E-state index contributed by atoms with van der Waals surface area (Å²) in [6.45, 7) is 1.56. The molecule has 0 fully saturated rings. The molecule has 8 nitrogen and oxygen atoms in total. The van der Waals surface area contributed by atoms with Crippen molar-refractivity contribution in [2.75, 3.05) is 38.9 Å². The molecular formula is C26H27Cl2N3O5S. The maximum absolute atomic E-state index is 13.6. The molecule has 1 N–H and O–H groups in total. The number of methoxy groups -OCH3 is 1. The first kappa shape index (κ1) is 27.1. The smallest absolute Gasteiger partial charge is 0.322 e. The molecule has 11 heteroatoms. The van der Waals surface area contributed by atoms with Crippen molar-refractivity contribution in [3.05, 3.63) is 74.4 Å². The maximum Gasteiger partial charge on any atom is 0.322 e. The fraction of sp³-hybridized carbons (Fsp3) is 0.308. The van der Waals surface area contributed by atoms with Crippen LogP contribution in [0.15, 0.2) is 53.9 Å². The first-order valence-electron chi connectivity index (χ1n) is 11.6. The maximum atomic E-state index is 13.6. The quantitative estimate of drug-likeness (QED) is 0.294. The fourth-order valence-electron chi connectivity index (χ4n) is 3.80. The number of urea groups is 1. The Morgan fingerprint density at radius 2 is 1.81 bits per heavy atom. The van der Waals surface area contributed by atoms with E-state index in [1.807, 2.05) is 35.7 Å². The predicted molar refractivity (Wildman–Crippen MR) is 145 cm³/mol. The monoisotopic (exact) mass is 563 g/mol. The minimum absolute atomic E-state index is 0.131. The first-order valence-corrected chi connectivity index (χ1v) is 13.3. The van der Waals surface area contributed by atoms with Crippen LogP contribution in [-0.2, 0) is 22.6 Å². The van der Waals surface area contributed by atoms with E-state index < -0.39 is 6.03 Å². The van der Waals surface area contributed by atoms with Crippen LogP contribution in [0.3, 0.4) is 0 Å². The van der Waals surface area contributed by atoms with Gasteiger partial charge in [-0.05, 0) is 47.7 Å². The lowest BCUT2D eigenvalue weighted by molar-refractivity contribution is -0.133. The summed E-state index contributed by atoms with van der Waals surface area (Å²) in [5, 5.41) is 5.35. The largest absolute Gasteiger partial charge is 0.454 e. The Morgan fingerprint density at radius 1 is 1.03 bits per heavy atom. The fourth-order valence-corrected chi connectivity index (χ4v) is 5.01. The van der Waals surface area contributed by atoms with Gasteiger partial charge in [0, 0.05) is 31.7 Å². The number of para-hydroxylation sites is 1. The highest BCUT2D eigenvalue weighted by molar-refractivity contribution is 7.09. The van der Waals surface area contributed by atoms with Crippen LogP contribution in [-0.4, -0.2) is 55.3 Å². The van der Waals surface area contributed by atoms with Gasteiger partial charge in [-0.3, -0.25) is 4.79 Å². The number of amides is 3. The third-order valence-electron chi connectivity index (χ3n) is 5.67. The van der Waals surface area contributed by atoms with E-state index in [9.17, 15) is 9.59 Å². The third kappa shape index (κ3) is 7.29. The summed E-state index contributed by atoms with van der Waals surface area (Å²) in [6, 6.07) is 14.0. The highest BCUT2D eigenvalue weighted by Gasteiger charge is 2.24. The Kier molecular flexibility index (Phi) is 9.51. The number of nitrogens with zero attached hydrogens (tertiary/aromatic N) is 2. The lowest BCUT2D eigenvalue weighted by Crippen LogP contribution is -2.44. The van der Waals surface area contributed by atoms with Crippen molar-refractivity contribution in [1.82, 2.24) is 9.80 Å². The molecule has 4 rings (SSSR count). The second-order valence-electron chi connectivity index (χ2n) is 8.31. The normalized spacial score (nSPS) is 11.9. The van der Waals surface area contributed by atoms with Crippen LogP contribution < -0.4 is 14.8 Å². The van der Waals surface area contributed by atoms with E-state index in [1.54, 1.807) is 41.5 Å². The summed E-state index contributed by atoms with van der Waals surface area (Å²) in [5.74, 6) is 1.13. The zero-order valence-corrected chi connectivity index (χ0v) is 22.6. The number of thiophene rings is 1. The number of ether oxygens (including phenoxy) is 3. The number of anilines is 1. The lowest BCUT2D eigenvalue weighted by atomic mass is 10.2. The van der Waals surface area contributed by atoms with Gasteiger partial charge in [-0.1, -0.05) is 41.4 Å². The van der Waals surface area contributed by atoms with E-state index in [-0.39, 0.29) is 19.2 Å². The molecule has 1 aromatic heterocycles. The zero-order chi connectivity index (χ0) is 26.2. The van der Waals surface area contributed by atoms with Crippen LogP contribution >= 0.6 is 34.5 Å². The van der Waals surface area contributed by atoms with E-state index in [2.05, 4.69) is 5.32 Å². The molecule has 0 saturated heterocycles. The second kappa shape index (κ2) is 13.0. The van der Waals surface area contributed by atoms with Crippen LogP contribution in [0.4, 0.5) is 10.5 Å². The van der Waals surface area contributed by atoms with Crippen LogP contribution in [0.1, 0.15) is 16.9 Å². The van der Waals surface area contributed by atoms with Gasteiger partial charge >= 0.3 is 6.03 Å². The molecule has 0 unspecified atom stereocenters. The number of carbonyl (C=O) groups excluding carboxylic acids is 2. The molecule has 196 valence electrons. The van der Waals surface area contributed by atoms with Crippen molar-refractivity contribution in [2.45, 2.75) is 19.5 Å². The molecule has 1 aliphatic heterocycles. The van der Waals surface area contributed by atoms with Crippen LogP contribution in [0, 0.1) is 0 Å². The van der Waals surface area contributed by atoms with Crippen molar-refractivity contribution >= 4 is 52.2 Å². The van der Waals surface area contributed by atoms with Gasteiger partial charge in [-0.2, -0.15) is 0 Å². The number of hydrogen-bond donors (Lipinski definition) is 1. The first-order chi connectivity index (χ1) is 17.9. The highest BCUT2D eigenvalue weighted by Crippen LogP contribution is 2.33. The Labute approximate surface area is 229 Å². The molecule has 3 aromatic rings. The summed E-state index contributed by atoms with van der Waals surface area (Å²) in [4.78, 5) is 31.0. The molecule has 2 heterocycles. The lowest BCUT2D eigenvalue weighted by Gasteiger charge is -2.28. The van der Waals surface area contributed by atoms with E-state index in [0.29, 0.717) is 59.9 Å². The number of halogens is 2. The van der Waals surface area contributed by atoms with E-state index in [4.69, 9.17) is 37.4 Å². The van der Waals surface area contributed by atoms with Crippen LogP contribution in [0.25, 0.3) is 0 Å². The Balaban J connectivity index is 1.52. The van der Waals surface area contributed by atoms with Gasteiger partial charge in [0.15, 0.2) is 11.5 Å². The number of hydrogen-bond acceptors (Lipinski definition) is 6. The number of carbonyl (C=O) groups is 2. The third-order valence-corrected chi connectivity index (χ3v) is 7.17. The van der Waals surface area contributed by atoms with Gasteiger partial charge in [-0.15, -0.1) is 11.3 Å². The van der Waals surface area contributed by atoms with E-state index in [0.717, 1.165) is 10.4 Å². The predicted octanol–water partition coefficient (Wildman–Crippen LogP) is 5.88. The molecule has 37 heavy (non-hydrogen) atoms. The molecule has 0 spiro atoms. The Hall–Kier alpha value is -2.98. The second-order valence-corrected chi connectivity index (χ2v) is 10.2. The molecule has 0 aliphatic carbocycles. The molecule has 0 radical (unpaired) electrons. The highest BCUT2D eigenvalue weighted by atomic mass is 35.5. The number of nitrogens with one attached hydrogen (secondary N) is 1. The average molecular weight is 564 g/mol.